The standard InChI is InChI=1S/C9H13/c1-4-5-6-7-8-9(2)3/h1,7-8H,5-6H2,2-3H3. The SMILES string of the molecule is C#CCCC=C[C](C)C. The van der Waals surface area contributed by atoms with E-state index in [0.29, 0.717) is 0 Å². The molecule has 0 aromatic rings. The predicted octanol–water partition coefficient (Wildman–Crippen LogP) is 2.57. The van der Waals surface area contributed by atoms with E-state index >= 15 is 0 Å². The summed E-state index contributed by atoms with van der Waals surface area (Å²) in [5.41, 5.74) is 0. The lowest BCUT2D eigenvalue weighted by molar-refractivity contribution is 1.07. The molecular formula is C9H13. The maximum atomic E-state index is 5.05. The maximum absolute atomic E-state index is 5.05. The van der Waals surface area contributed by atoms with Gasteiger partial charge in [0, 0.05) is 6.42 Å². The van der Waals surface area contributed by atoms with Gasteiger partial charge >= 0.3 is 0 Å². The van der Waals surface area contributed by atoms with E-state index < -0.39 is 0 Å². The van der Waals surface area contributed by atoms with Crippen molar-refractivity contribution in [3.63, 3.8) is 0 Å². The minimum atomic E-state index is 0.851. The molecule has 0 saturated carbocycles. The van der Waals surface area contributed by atoms with Crippen LogP contribution in [0.25, 0.3) is 0 Å². The van der Waals surface area contributed by atoms with E-state index in [1.165, 1.54) is 5.92 Å². The summed E-state index contributed by atoms with van der Waals surface area (Å²) in [5, 5.41) is 0. The number of rotatable bonds is 3. The number of terminal acetylenes is 1. The van der Waals surface area contributed by atoms with Crippen molar-refractivity contribution in [3.8, 4) is 12.3 Å². The van der Waals surface area contributed by atoms with Gasteiger partial charge in [-0.05, 0) is 12.3 Å². The fourth-order valence-corrected chi connectivity index (χ4v) is 0.486. The predicted molar refractivity (Wildman–Crippen MR) is 41.8 cm³/mol. The second-order valence-corrected chi connectivity index (χ2v) is 2.22. The lowest BCUT2D eigenvalue weighted by atomic mass is 10.2. The lowest BCUT2D eigenvalue weighted by Crippen LogP contribution is -1.73. The fourth-order valence-electron chi connectivity index (χ4n) is 0.486. The van der Waals surface area contributed by atoms with Crippen molar-refractivity contribution in [1.29, 1.82) is 0 Å². The van der Waals surface area contributed by atoms with E-state index in [-0.39, 0.29) is 0 Å². The monoisotopic (exact) mass is 121 g/mol. The van der Waals surface area contributed by atoms with Gasteiger partial charge in [0.15, 0.2) is 0 Å². The molecular weight excluding hydrogens is 108 g/mol. The van der Waals surface area contributed by atoms with Crippen molar-refractivity contribution in [2.75, 3.05) is 0 Å². The van der Waals surface area contributed by atoms with E-state index in [9.17, 15) is 0 Å². The average Bonchev–Trinajstić information content (AvgIpc) is 1.80. The van der Waals surface area contributed by atoms with Crippen LogP contribution in [-0.4, -0.2) is 0 Å². The molecule has 0 atom stereocenters. The van der Waals surface area contributed by atoms with Crippen molar-refractivity contribution in [3.05, 3.63) is 18.1 Å². The smallest absolute Gasteiger partial charge is 0.0121 e. The summed E-state index contributed by atoms with van der Waals surface area (Å²) in [6.45, 7) is 4.15. The van der Waals surface area contributed by atoms with Crippen LogP contribution in [0.5, 0.6) is 0 Å². The zero-order chi connectivity index (χ0) is 7.11. The van der Waals surface area contributed by atoms with Crippen molar-refractivity contribution in [1.82, 2.24) is 0 Å². The van der Waals surface area contributed by atoms with Crippen LogP contribution in [0.15, 0.2) is 12.2 Å². The summed E-state index contributed by atoms with van der Waals surface area (Å²) in [5.74, 6) is 3.91. The fraction of sp³-hybridized carbons (Fsp3) is 0.444. The summed E-state index contributed by atoms with van der Waals surface area (Å²) in [7, 11) is 0. The van der Waals surface area contributed by atoms with Crippen LogP contribution in [0.2, 0.25) is 0 Å². The highest BCUT2D eigenvalue weighted by Gasteiger charge is 1.81. The Bertz CT molecular complexity index is 112. The Labute approximate surface area is 58.0 Å². The highest BCUT2D eigenvalue weighted by atomic mass is 13.9. The Kier molecular flexibility index (Phi) is 5.01. The normalized spacial score (nSPS) is 10.4. The summed E-state index contributed by atoms with van der Waals surface area (Å²) in [4.78, 5) is 0. The molecule has 49 valence electrons. The number of hydrogen-bond donors (Lipinski definition) is 0. The number of unbranched alkanes of at least 4 members (excludes halogenated alkanes) is 1. The molecule has 0 aliphatic heterocycles. The van der Waals surface area contributed by atoms with Crippen molar-refractivity contribution in [2.24, 2.45) is 0 Å². The second-order valence-electron chi connectivity index (χ2n) is 2.22. The highest BCUT2D eigenvalue weighted by Crippen LogP contribution is 1.98. The van der Waals surface area contributed by atoms with Crippen LogP contribution in [0.3, 0.4) is 0 Å². The molecule has 0 rings (SSSR count). The Hall–Kier alpha value is -0.700. The first kappa shape index (κ1) is 8.30. The highest BCUT2D eigenvalue weighted by molar-refractivity contribution is 5.04. The minimum Gasteiger partial charge on any atom is -0.120 e. The third-order valence-electron chi connectivity index (χ3n) is 0.907. The molecule has 0 bridgehead atoms. The summed E-state index contributed by atoms with van der Waals surface area (Å²) in [6, 6.07) is 0. The Morgan fingerprint density at radius 1 is 1.56 bits per heavy atom. The Morgan fingerprint density at radius 2 is 2.22 bits per heavy atom. The Balaban J connectivity index is 3.17. The molecule has 0 heterocycles. The maximum Gasteiger partial charge on any atom is 0.0121 e. The first-order valence-electron chi connectivity index (χ1n) is 3.17. The first-order chi connectivity index (χ1) is 4.27. The van der Waals surface area contributed by atoms with Gasteiger partial charge in [-0.15, -0.1) is 12.3 Å². The molecule has 0 heteroatoms. The molecule has 0 aliphatic carbocycles. The van der Waals surface area contributed by atoms with E-state index in [0.717, 1.165) is 12.8 Å². The van der Waals surface area contributed by atoms with Gasteiger partial charge in [0.25, 0.3) is 0 Å². The van der Waals surface area contributed by atoms with Gasteiger partial charge in [0.1, 0.15) is 0 Å². The van der Waals surface area contributed by atoms with Gasteiger partial charge in [-0.2, -0.15) is 0 Å². The van der Waals surface area contributed by atoms with E-state index in [4.69, 9.17) is 6.42 Å². The summed E-state index contributed by atoms with van der Waals surface area (Å²) < 4.78 is 0. The molecule has 0 aromatic heterocycles. The van der Waals surface area contributed by atoms with Gasteiger partial charge in [-0.1, -0.05) is 26.0 Å². The molecule has 0 nitrogen and oxygen atoms in total. The molecule has 1 radical (unpaired) electrons. The third-order valence-corrected chi connectivity index (χ3v) is 0.907. The van der Waals surface area contributed by atoms with Crippen LogP contribution in [-0.2, 0) is 0 Å². The molecule has 0 spiro atoms. The largest absolute Gasteiger partial charge is 0.120 e. The van der Waals surface area contributed by atoms with Crippen LogP contribution in [0.1, 0.15) is 26.7 Å². The van der Waals surface area contributed by atoms with Crippen LogP contribution in [0, 0.1) is 18.3 Å². The van der Waals surface area contributed by atoms with Gasteiger partial charge in [0.2, 0.25) is 0 Å². The molecule has 0 unspecified atom stereocenters. The van der Waals surface area contributed by atoms with Gasteiger partial charge in [-0.25, -0.2) is 0 Å². The van der Waals surface area contributed by atoms with Crippen LogP contribution in [0.4, 0.5) is 0 Å². The molecule has 0 aliphatic rings. The number of allylic oxidation sites excluding steroid dienone is 2. The van der Waals surface area contributed by atoms with Crippen LogP contribution >= 0.6 is 0 Å². The van der Waals surface area contributed by atoms with E-state index in [1.807, 2.05) is 0 Å². The topological polar surface area (TPSA) is 0 Å². The number of hydrogen-bond acceptors (Lipinski definition) is 0. The quantitative estimate of drug-likeness (QED) is 0.397. The molecule has 9 heavy (non-hydrogen) atoms. The van der Waals surface area contributed by atoms with Gasteiger partial charge in [0.05, 0.1) is 0 Å². The van der Waals surface area contributed by atoms with Crippen molar-refractivity contribution >= 4 is 0 Å². The zero-order valence-corrected chi connectivity index (χ0v) is 6.15. The van der Waals surface area contributed by atoms with Crippen LogP contribution < -0.4 is 0 Å². The first-order valence-corrected chi connectivity index (χ1v) is 3.17. The zero-order valence-electron chi connectivity index (χ0n) is 6.15. The lowest BCUT2D eigenvalue weighted by Gasteiger charge is -1.89. The van der Waals surface area contributed by atoms with Gasteiger partial charge in [-0.3, -0.25) is 0 Å². The van der Waals surface area contributed by atoms with Crippen molar-refractivity contribution < 1.29 is 0 Å². The molecule has 0 fully saturated rings. The van der Waals surface area contributed by atoms with E-state index in [1.54, 1.807) is 0 Å². The van der Waals surface area contributed by atoms with Gasteiger partial charge < -0.3 is 0 Å². The van der Waals surface area contributed by atoms with E-state index in [2.05, 4.69) is 31.9 Å². The molecule has 0 N–H and O–H groups in total. The molecule has 0 aromatic carbocycles. The average molecular weight is 121 g/mol. The molecule has 0 amide bonds. The second kappa shape index (κ2) is 5.44. The Morgan fingerprint density at radius 3 is 2.67 bits per heavy atom. The summed E-state index contributed by atoms with van der Waals surface area (Å²) in [6.07, 6.45) is 11.1. The third kappa shape index (κ3) is 7.30. The minimum absolute atomic E-state index is 0.851. The van der Waals surface area contributed by atoms with Crippen molar-refractivity contribution in [2.45, 2.75) is 26.7 Å². The molecule has 0 saturated heterocycles. The summed E-state index contributed by atoms with van der Waals surface area (Å²) >= 11 is 0.